The third-order valence-corrected chi connectivity index (χ3v) is 5.62. The summed E-state index contributed by atoms with van der Waals surface area (Å²) in [4.78, 5) is 33.1. The molecule has 8 heteroatoms. The molecule has 5 heterocycles. The normalized spacial score (nSPS) is 15.1. The number of nitrogens with zero attached hydrogens (tertiary/aromatic N) is 5. The van der Waals surface area contributed by atoms with Crippen LogP contribution in [0.25, 0.3) is 21.3 Å². The summed E-state index contributed by atoms with van der Waals surface area (Å²) in [5, 5.41) is 3.04. The molecule has 0 aliphatic carbocycles. The second-order valence-electron chi connectivity index (χ2n) is 6.22. The van der Waals surface area contributed by atoms with Gasteiger partial charge in [-0.3, -0.25) is 4.79 Å². The van der Waals surface area contributed by atoms with Crippen molar-refractivity contribution < 1.29 is 4.79 Å². The number of hydrogen-bond acceptors (Lipinski definition) is 6. The summed E-state index contributed by atoms with van der Waals surface area (Å²) in [6, 6.07) is 7.68. The highest BCUT2D eigenvalue weighted by atomic mass is 32.1. The first-order chi connectivity index (χ1) is 12.8. The molecule has 5 rings (SSSR count). The number of nitrogens with one attached hydrogen (secondary N) is 1. The van der Waals surface area contributed by atoms with Gasteiger partial charge in [0.2, 0.25) is 0 Å². The Kier molecular flexibility index (Phi) is 3.56. The SMILES string of the molecule is O=C(c1ccc2cc[nH]c2n1)N1CCN(c2ncnc3ccsc23)CC1. The summed E-state index contributed by atoms with van der Waals surface area (Å²) < 4.78 is 1.10. The fourth-order valence-corrected chi connectivity index (χ4v) is 4.20. The maximum Gasteiger partial charge on any atom is 0.272 e. The fourth-order valence-electron chi connectivity index (χ4n) is 3.33. The average molecular weight is 364 g/mol. The third kappa shape index (κ3) is 2.50. The average Bonchev–Trinajstić information content (AvgIpc) is 3.35. The van der Waals surface area contributed by atoms with Crippen LogP contribution in [0.2, 0.25) is 0 Å². The first-order valence-electron chi connectivity index (χ1n) is 8.46. The molecule has 1 amide bonds. The van der Waals surface area contributed by atoms with Crippen LogP contribution in [0.3, 0.4) is 0 Å². The van der Waals surface area contributed by atoms with Gasteiger partial charge >= 0.3 is 0 Å². The van der Waals surface area contributed by atoms with E-state index < -0.39 is 0 Å². The molecule has 0 aromatic carbocycles. The Morgan fingerprint density at radius 2 is 1.96 bits per heavy atom. The number of anilines is 1. The van der Waals surface area contributed by atoms with Crippen LogP contribution >= 0.6 is 11.3 Å². The smallest absolute Gasteiger partial charge is 0.272 e. The Bertz CT molecular complexity index is 1100. The van der Waals surface area contributed by atoms with E-state index in [-0.39, 0.29) is 5.91 Å². The lowest BCUT2D eigenvalue weighted by atomic mass is 10.2. The third-order valence-electron chi connectivity index (χ3n) is 4.72. The standard InChI is InChI=1S/C18H16N6OS/c25-18(14-2-1-12-3-5-19-16(12)22-14)24-8-6-23(7-9-24)17-15-13(4-10-26-15)20-11-21-17/h1-5,10-11H,6-9H2,(H,19,22). The van der Waals surface area contributed by atoms with Crippen molar-refractivity contribution in [2.45, 2.75) is 0 Å². The monoisotopic (exact) mass is 364 g/mol. The van der Waals surface area contributed by atoms with Crippen LogP contribution in [-0.4, -0.2) is 56.9 Å². The van der Waals surface area contributed by atoms with Crippen molar-refractivity contribution in [3.63, 3.8) is 0 Å². The Labute approximate surface area is 153 Å². The van der Waals surface area contributed by atoms with Gasteiger partial charge in [0, 0.05) is 37.8 Å². The number of pyridine rings is 1. The number of carbonyl (C=O) groups is 1. The van der Waals surface area contributed by atoms with Gasteiger partial charge in [0.15, 0.2) is 0 Å². The highest BCUT2D eigenvalue weighted by Gasteiger charge is 2.25. The second-order valence-corrected chi connectivity index (χ2v) is 7.14. The van der Waals surface area contributed by atoms with E-state index in [0.717, 1.165) is 40.2 Å². The van der Waals surface area contributed by atoms with Crippen molar-refractivity contribution in [2.75, 3.05) is 31.1 Å². The van der Waals surface area contributed by atoms with Crippen LogP contribution in [0, 0.1) is 0 Å². The minimum atomic E-state index is -0.0230. The lowest BCUT2D eigenvalue weighted by Crippen LogP contribution is -2.49. The lowest BCUT2D eigenvalue weighted by molar-refractivity contribution is 0.0741. The van der Waals surface area contributed by atoms with Gasteiger partial charge in [-0.2, -0.15) is 0 Å². The predicted molar refractivity (Wildman–Crippen MR) is 102 cm³/mol. The van der Waals surface area contributed by atoms with Gasteiger partial charge in [0.25, 0.3) is 5.91 Å². The quantitative estimate of drug-likeness (QED) is 0.591. The number of aromatic amines is 1. The van der Waals surface area contributed by atoms with E-state index >= 15 is 0 Å². The van der Waals surface area contributed by atoms with E-state index in [2.05, 4.69) is 24.8 Å². The number of amides is 1. The first kappa shape index (κ1) is 15.3. The molecule has 0 unspecified atom stereocenters. The number of aromatic nitrogens is 4. The molecule has 26 heavy (non-hydrogen) atoms. The van der Waals surface area contributed by atoms with Gasteiger partial charge in [0.05, 0.1) is 10.2 Å². The summed E-state index contributed by atoms with van der Waals surface area (Å²) in [6.07, 6.45) is 3.44. The van der Waals surface area contributed by atoms with E-state index in [1.165, 1.54) is 0 Å². The number of hydrogen-bond donors (Lipinski definition) is 1. The fraction of sp³-hybridized carbons (Fsp3) is 0.222. The zero-order valence-electron chi connectivity index (χ0n) is 13.9. The highest BCUT2D eigenvalue weighted by Crippen LogP contribution is 2.28. The van der Waals surface area contributed by atoms with Crippen LogP contribution < -0.4 is 4.90 Å². The second kappa shape index (κ2) is 6.06. The van der Waals surface area contributed by atoms with Crippen LogP contribution in [0.1, 0.15) is 10.5 Å². The Balaban J connectivity index is 1.33. The molecule has 1 fully saturated rings. The molecular formula is C18H16N6OS. The summed E-state index contributed by atoms with van der Waals surface area (Å²) in [6.45, 7) is 2.81. The summed E-state index contributed by atoms with van der Waals surface area (Å²) in [5.41, 5.74) is 2.20. The molecule has 1 aliphatic rings. The van der Waals surface area contributed by atoms with Gasteiger partial charge < -0.3 is 14.8 Å². The van der Waals surface area contributed by atoms with E-state index in [1.54, 1.807) is 23.7 Å². The highest BCUT2D eigenvalue weighted by molar-refractivity contribution is 7.17. The van der Waals surface area contributed by atoms with Crippen LogP contribution in [0.5, 0.6) is 0 Å². The van der Waals surface area contributed by atoms with Crippen molar-refractivity contribution in [1.29, 1.82) is 0 Å². The van der Waals surface area contributed by atoms with Gasteiger partial charge in [-0.1, -0.05) is 0 Å². The lowest BCUT2D eigenvalue weighted by Gasteiger charge is -2.35. The maximum absolute atomic E-state index is 12.8. The zero-order chi connectivity index (χ0) is 17.5. The number of thiophene rings is 1. The maximum atomic E-state index is 12.8. The van der Waals surface area contributed by atoms with Gasteiger partial charge in [-0.15, -0.1) is 11.3 Å². The van der Waals surface area contributed by atoms with Crippen molar-refractivity contribution >= 4 is 44.3 Å². The molecule has 4 aromatic heterocycles. The number of carbonyl (C=O) groups excluding carboxylic acids is 1. The zero-order valence-corrected chi connectivity index (χ0v) is 14.7. The van der Waals surface area contributed by atoms with Crippen LogP contribution in [0.15, 0.2) is 42.2 Å². The van der Waals surface area contributed by atoms with E-state index in [4.69, 9.17) is 0 Å². The number of fused-ring (bicyclic) bond motifs is 2. The Morgan fingerprint density at radius 3 is 2.85 bits per heavy atom. The van der Waals surface area contributed by atoms with E-state index in [1.807, 2.05) is 34.7 Å². The molecule has 130 valence electrons. The topological polar surface area (TPSA) is 78.0 Å². The van der Waals surface area contributed by atoms with E-state index in [0.29, 0.717) is 18.8 Å². The molecule has 4 aromatic rings. The van der Waals surface area contributed by atoms with E-state index in [9.17, 15) is 4.79 Å². The molecule has 1 aliphatic heterocycles. The van der Waals surface area contributed by atoms with Gasteiger partial charge in [-0.25, -0.2) is 15.0 Å². The first-order valence-corrected chi connectivity index (χ1v) is 9.34. The minimum absolute atomic E-state index is 0.0230. The number of piperazine rings is 1. The van der Waals surface area contributed by atoms with Crippen LogP contribution in [0.4, 0.5) is 5.82 Å². The molecule has 0 radical (unpaired) electrons. The molecule has 0 saturated carbocycles. The minimum Gasteiger partial charge on any atom is -0.352 e. The molecule has 0 spiro atoms. The summed E-state index contributed by atoms with van der Waals surface area (Å²) in [7, 11) is 0. The molecule has 1 saturated heterocycles. The number of H-pyrrole nitrogens is 1. The van der Waals surface area contributed by atoms with Crippen molar-refractivity contribution in [3.8, 4) is 0 Å². The number of rotatable bonds is 2. The molecule has 7 nitrogen and oxygen atoms in total. The Hall–Kier alpha value is -3.00. The van der Waals surface area contributed by atoms with Crippen molar-refractivity contribution in [2.24, 2.45) is 0 Å². The van der Waals surface area contributed by atoms with Crippen LogP contribution in [-0.2, 0) is 0 Å². The van der Waals surface area contributed by atoms with Crippen molar-refractivity contribution in [1.82, 2.24) is 24.8 Å². The summed E-state index contributed by atoms with van der Waals surface area (Å²) in [5.74, 6) is 0.938. The molecule has 0 bridgehead atoms. The predicted octanol–water partition coefficient (Wildman–Crippen LogP) is 2.53. The van der Waals surface area contributed by atoms with Gasteiger partial charge in [-0.05, 0) is 29.6 Å². The Morgan fingerprint density at radius 1 is 1.08 bits per heavy atom. The molecular weight excluding hydrogens is 348 g/mol. The van der Waals surface area contributed by atoms with Gasteiger partial charge in [0.1, 0.15) is 23.5 Å². The van der Waals surface area contributed by atoms with Crippen molar-refractivity contribution in [3.05, 3.63) is 47.9 Å². The summed E-state index contributed by atoms with van der Waals surface area (Å²) >= 11 is 1.65. The largest absolute Gasteiger partial charge is 0.352 e. The molecule has 1 N–H and O–H groups in total. The molecule has 0 atom stereocenters.